The summed E-state index contributed by atoms with van der Waals surface area (Å²) in [6, 6.07) is 6.80. The van der Waals surface area contributed by atoms with E-state index in [4.69, 9.17) is 21.2 Å². The minimum atomic E-state index is -3.42. The number of aliphatic hydroxyl groups is 1. The molecule has 0 aliphatic carbocycles. The van der Waals surface area contributed by atoms with Gasteiger partial charge in [-0.2, -0.15) is 4.98 Å². The summed E-state index contributed by atoms with van der Waals surface area (Å²) in [6.45, 7) is -0.429. The van der Waals surface area contributed by atoms with Crippen LogP contribution in [0.1, 0.15) is 5.82 Å². The van der Waals surface area contributed by atoms with E-state index in [0.29, 0.717) is 10.6 Å². The highest BCUT2D eigenvalue weighted by Gasteiger charge is 2.17. The molecule has 0 unspecified atom stereocenters. The third kappa shape index (κ3) is 3.76. The molecular formula is C11H11ClN2O4S. The summed E-state index contributed by atoms with van der Waals surface area (Å²) >= 11 is 5.84. The van der Waals surface area contributed by atoms with Crippen LogP contribution in [0.4, 0.5) is 0 Å². The van der Waals surface area contributed by atoms with E-state index in [0.717, 1.165) is 0 Å². The Bertz CT molecular complexity index is 669. The van der Waals surface area contributed by atoms with E-state index in [1.165, 1.54) is 0 Å². The molecule has 2 aromatic rings. The van der Waals surface area contributed by atoms with Crippen LogP contribution < -0.4 is 0 Å². The fourth-order valence-electron chi connectivity index (χ4n) is 1.46. The maximum absolute atomic E-state index is 11.5. The van der Waals surface area contributed by atoms with Gasteiger partial charge in [-0.3, -0.25) is 0 Å². The van der Waals surface area contributed by atoms with Crippen molar-refractivity contribution in [2.45, 2.75) is 5.75 Å². The van der Waals surface area contributed by atoms with Crippen LogP contribution in [0, 0.1) is 0 Å². The molecule has 0 amide bonds. The zero-order chi connectivity index (χ0) is 13.9. The largest absolute Gasteiger partial charge is 0.395 e. The van der Waals surface area contributed by atoms with Crippen LogP contribution in [-0.2, 0) is 15.6 Å². The predicted molar refractivity (Wildman–Crippen MR) is 69.3 cm³/mol. The molecule has 0 aliphatic rings. The maximum Gasteiger partial charge on any atom is 0.258 e. The third-order valence-electron chi connectivity index (χ3n) is 2.29. The molecule has 2 rings (SSSR count). The predicted octanol–water partition coefficient (Wildman–Crippen LogP) is 1.30. The van der Waals surface area contributed by atoms with E-state index in [2.05, 4.69) is 10.1 Å². The summed E-state index contributed by atoms with van der Waals surface area (Å²) in [4.78, 5) is 3.99. The van der Waals surface area contributed by atoms with Gasteiger partial charge in [-0.05, 0) is 18.2 Å². The average Bonchev–Trinajstić information content (AvgIpc) is 2.76. The second-order valence-electron chi connectivity index (χ2n) is 3.84. The topological polar surface area (TPSA) is 93.3 Å². The number of aliphatic hydroxyl groups excluding tert-OH is 1. The van der Waals surface area contributed by atoms with Crippen molar-refractivity contribution in [3.05, 3.63) is 35.1 Å². The van der Waals surface area contributed by atoms with E-state index >= 15 is 0 Å². The second kappa shape index (κ2) is 5.68. The first-order chi connectivity index (χ1) is 9.00. The Hall–Kier alpha value is -1.44. The van der Waals surface area contributed by atoms with Crippen LogP contribution in [0.15, 0.2) is 28.8 Å². The van der Waals surface area contributed by atoms with Crippen molar-refractivity contribution in [2.24, 2.45) is 0 Å². The lowest BCUT2D eigenvalue weighted by Gasteiger charge is -1.96. The highest BCUT2D eigenvalue weighted by molar-refractivity contribution is 7.90. The molecule has 0 radical (unpaired) electrons. The van der Waals surface area contributed by atoms with E-state index in [1.807, 2.05) is 0 Å². The first-order valence-corrected chi connectivity index (χ1v) is 7.60. The molecule has 0 bridgehead atoms. The lowest BCUT2D eigenvalue weighted by molar-refractivity contribution is 0.319. The van der Waals surface area contributed by atoms with Gasteiger partial charge >= 0.3 is 0 Å². The van der Waals surface area contributed by atoms with E-state index in [-0.39, 0.29) is 23.2 Å². The van der Waals surface area contributed by atoms with Crippen LogP contribution in [0.2, 0.25) is 5.02 Å². The average molecular weight is 303 g/mol. The third-order valence-corrected chi connectivity index (χ3v) is 4.03. The molecule has 0 saturated heterocycles. The van der Waals surface area contributed by atoms with E-state index in [1.54, 1.807) is 24.3 Å². The number of rotatable bonds is 5. The lowest BCUT2D eigenvalue weighted by Crippen LogP contribution is -2.13. The summed E-state index contributed by atoms with van der Waals surface area (Å²) < 4.78 is 28.0. The zero-order valence-electron chi connectivity index (χ0n) is 9.78. The standard InChI is InChI=1S/C11H11ClN2O4S/c12-9-3-1-2-8(6-9)11-13-10(14-18-11)7-19(16,17)5-4-15/h1-3,6,15H,4-5,7H2. The van der Waals surface area contributed by atoms with Crippen molar-refractivity contribution in [1.29, 1.82) is 0 Å². The smallest absolute Gasteiger partial charge is 0.258 e. The van der Waals surface area contributed by atoms with Gasteiger partial charge in [0.05, 0.1) is 12.4 Å². The number of nitrogens with zero attached hydrogens (tertiary/aromatic N) is 2. The Labute approximate surface area is 114 Å². The number of benzene rings is 1. The van der Waals surface area contributed by atoms with Crippen molar-refractivity contribution < 1.29 is 18.0 Å². The minimum Gasteiger partial charge on any atom is -0.395 e. The molecule has 0 spiro atoms. The van der Waals surface area contributed by atoms with Crippen LogP contribution in [0.25, 0.3) is 11.5 Å². The molecule has 19 heavy (non-hydrogen) atoms. The molecular weight excluding hydrogens is 292 g/mol. The van der Waals surface area contributed by atoms with Crippen molar-refractivity contribution in [1.82, 2.24) is 10.1 Å². The lowest BCUT2D eigenvalue weighted by atomic mass is 10.2. The molecule has 0 aliphatic heterocycles. The van der Waals surface area contributed by atoms with Gasteiger partial charge in [0.2, 0.25) is 0 Å². The molecule has 1 heterocycles. The molecule has 102 valence electrons. The molecule has 1 N–H and O–H groups in total. The maximum atomic E-state index is 11.5. The quantitative estimate of drug-likeness (QED) is 0.894. The van der Waals surface area contributed by atoms with Crippen molar-refractivity contribution >= 4 is 21.4 Å². The van der Waals surface area contributed by atoms with Gasteiger partial charge in [0.1, 0.15) is 5.75 Å². The Balaban J connectivity index is 2.20. The highest BCUT2D eigenvalue weighted by atomic mass is 35.5. The summed E-state index contributed by atoms with van der Waals surface area (Å²) in [5.74, 6) is -0.425. The summed E-state index contributed by atoms with van der Waals surface area (Å²) in [5, 5.41) is 12.8. The van der Waals surface area contributed by atoms with Gasteiger partial charge in [-0.25, -0.2) is 8.42 Å². The van der Waals surface area contributed by atoms with Crippen LogP contribution in [0.5, 0.6) is 0 Å². The number of sulfone groups is 1. The fraction of sp³-hybridized carbons (Fsp3) is 0.273. The summed E-state index contributed by atoms with van der Waals surface area (Å²) in [6.07, 6.45) is 0. The van der Waals surface area contributed by atoms with Gasteiger partial charge in [-0.1, -0.05) is 22.8 Å². The van der Waals surface area contributed by atoms with Gasteiger partial charge in [-0.15, -0.1) is 0 Å². The van der Waals surface area contributed by atoms with Gasteiger partial charge in [0, 0.05) is 10.6 Å². The monoisotopic (exact) mass is 302 g/mol. The minimum absolute atomic E-state index is 0.0587. The van der Waals surface area contributed by atoms with E-state index in [9.17, 15) is 8.42 Å². The summed E-state index contributed by atoms with van der Waals surface area (Å²) in [7, 11) is -3.42. The number of hydrogen-bond acceptors (Lipinski definition) is 6. The molecule has 8 heteroatoms. The SMILES string of the molecule is O=S(=O)(CCO)Cc1noc(-c2cccc(Cl)c2)n1. The van der Waals surface area contributed by atoms with Gasteiger partial charge in [0.15, 0.2) is 15.7 Å². The number of aromatic nitrogens is 2. The van der Waals surface area contributed by atoms with Gasteiger partial charge in [0.25, 0.3) is 5.89 Å². The Morgan fingerprint density at radius 1 is 1.37 bits per heavy atom. The zero-order valence-corrected chi connectivity index (χ0v) is 11.4. The molecule has 1 aromatic carbocycles. The summed E-state index contributed by atoms with van der Waals surface area (Å²) in [5.41, 5.74) is 0.616. The van der Waals surface area contributed by atoms with Crippen molar-refractivity contribution in [3.8, 4) is 11.5 Å². The van der Waals surface area contributed by atoms with Crippen LogP contribution in [0.3, 0.4) is 0 Å². The molecule has 0 fully saturated rings. The number of halogens is 1. The number of hydrogen-bond donors (Lipinski definition) is 1. The Kier molecular flexibility index (Phi) is 4.18. The van der Waals surface area contributed by atoms with Gasteiger partial charge < -0.3 is 9.63 Å². The van der Waals surface area contributed by atoms with Crippen molar-refractivity contribution in [3.63, 3.8) is 0 Å². The van der Waals surface area contributed by atoms with Crippen LogP contribution in [-0.4, -0.2) is 36.0 Å². The normalized spacial score (nSPS) is 11.7. The first kappa shape index (κ1) is 14.0. The van der Waals surface area contributed by atoms with Crippen molar-refractivity contribution in [2.75, 3.05) is 12.4 Å². The second-order valence-corrected chi connectivity index (χ2v) is 6.46. The molecule has 0 atom stereocenters. The molecule has 1 aromatic heterocycles. The fourth-order valence-corrected chi connectivity index (χ4v) is 2.58. The molecule has 6 nitrogen and oxygen atoms in total. The van der Waals surface area contributed by atoms with Crippen LogP contribution >= 0.6 is 11.6 Å². The van der Waals surface area contributed by atoms with E-state index < -0.39 is 16.4 Å². The molecule has 0 saturated carbocycles. The first-order valence-electron chi connectivity index (χ1n) is 5.40. The highest BCUT2D eigenvalue weighted by Crippen LogP contribution is 2.21. The Morgan fingerprint density at radius 3 is 2.84 bits per heavy atom. The Morgan fingerprint density at radius 2 is 2.16 bits per heavy atom.